The average molecular weight is 370 g/mol. The van der Waals surface area contributed by atoms with Crippen LogP contribution < -0.4 is 10.2 Å². The van der Waals surface area contributed by atoms with Crippen LogP contribution in [0.3, 0.4) is 0 Å². The lowest BCUT2D eigenvalue weighted by atomic mass is 10.2. The highest BCUT2D eigenvalue weighted by Gasteiger charge is 2.30. The summed E-state index contributed by atoms with van der Waals surface area (Å²) in [5, 5.41) is 6.11. The van der Waals surface area contributed by atoms with Gasteiger partial charge in [0, 0.05) is 5.39 Å². The molecule has 4 rings (SSSR count). The highest BCUT2D eigenvalue weighted by molar-refractivity contribution is 8.00. The van der Waals surface area contributed by atoms with Crippen molar-refractivity contribution in [3.63, 3.8) is 0 Å². The number of carbonyl (C=O) groups excluding carboxylic acids is 2. The van der Waals surface area contributed by atoms with Crippen molar-refractivity contribution in [1.82, 2.24) is 9.97 Å². The number of amides is 2. The van der Waals surface area contributed by atoms with E-state index in [1.54, 1.807) is 17.4 Å². The Hall–Kier alpha value is -2.45. The van der Waals surface area contributed by atoms with Crippen LogP contribution in [0.1, 0.15) is 6.92 Å². The predicted octanol–water partition coefficient (Wildman–Crippen LogP) is 3.16. The average Bonchev–Trinajstić information content (AvgIpc) is 3.10. The van der Waals surface area contributed by atoms with Gasteiger partial charge in [-0.1, -0.05) is 23.9 Å². The van der Waals surface area contributed by atoms with Crippen LogP contribution in [0, 0.1) is 0 Å². The van der Waals surface area contributed by atoms with Crippen molar-refractivity contribution in [2.45, 2.75) is 17.2 Å². The molecule has 0 unspecified atom stereocenters. The van der Waals surface area contributed by atoms with Crippen molar-refractivity contribution in [2.75, 3.05) is 16.8 Å². The molecule has 8 heteroatoms. The Kier molecular flexibility index (Phi) is 4.14. The molecule has 3 heterocycles. The van der Waals surface area contributed by atoms with Gasteiger partial charge in [0.2, 0.25) is 11.8 Å². The van der Waals surface area contributed by atoms with E-state index in [1.165, 1.54) is 23.0 Å². The summed E-state index contributed by atoms with van der Waals surface area (Å²) in [4.78, 5) is 35.9. The summed E-state index contributed by atoms with van der Waals surface area (Å²) in [6.45, 7) is 1.86. The maximum Gasteiger partial charge on any atom is 0.244 e. The molecule has 3 aromatic rings. The highest BCUT2D eigenvalue weighted by Crippen LogP contribution is 2.34. The molecule has 1 aliphatic rings. The number of hydrogen-bond donors (Lipinski definition) is 1. The molecule has 0 fully saturated rings. The minimum absolute atomic E-state index is 0.0262. The zero-order valence-electron chi connectivity index (χ0n) is 13.3. The first kappa shape index (κ1) is 16.0. The van der Waals surface area contributed by atoms with Gasteiger partial charge in [-0.2, -0.15) is 0 Å². The molecular formula is C17H14N4O2S2. The number of hydrogen-bond acceptors (Lipinski definition) is 6. The molecule has 126 valence electrons. The van der Waals surface area contributed by atoms with Crippen LogP contribution in [0.5, 0.6) is 0 Å². The van der Waals surface area contributed by atoms with E-state index >= 15 is 0 Å². The molecule has 2 amide bonds. The number of benzene rings is 1. The van der Waals surface area contributed by atoms with Gasteiger partial charge >= 0.3 is 0 Å². The van der Waals surface area contributed by atoms with Crippen LogP contribution in [0.2, 0.25) is 0 Å². The van der Waals surface area contributed by atoms with Gasteiger partial charge in [0.1, 0.15) is 22.7 Å². The molecule has 1 aliphatic heterocycles. The lowest BCUT2D eigenvalue weighted by Crippen LogP contribution is -2.45. The maximum atomic E-state index is 13.0. The number of nitrogens with zero attached hydrogens (tertiary/aromatic N) is 3. The van der Waals surface area contributed by atoms with Crippen LogP contribution in [-0.2, 0) is 9.59 Å². The van der Waals surface area contributed by atoms with Gasteiger partial charge in [-0.15, -0.1) is 11.3 Å². The molecule has 1 atom stereocenters. The van der Waals surface area contributed by atoms with Crippen molar-refractivity contribution in [2.24, 2.45) is 0 Å². The number of thiophene rings is 1. The number of nitrogens with one attached hydrogen (secondary N) is 1. The second kappa shape index (κ2) is 6.45. The Labute approximate surface area is 152 Å². The SMILES string of the molecule is C[C@@H](Sc1ncnc2sccc12)C(=O)N1CC(=O)Nc2ccccc21. The van der Waals surface area contributed by atoms with Crippen molar-refractivity contribution >= 4 is 56.5 Å². The van der Waals surface area contributed by atoms with Gasteiger partial charge in [0.15, 0.2) is 0 Å². The fourth-order valence-corrected chi connectivity index (χ4v) is 4.49. The van der Waals surface area contributed by atoms with Crippen LogP contribution in [0.4, 0.5) is 11.4 Å². The molecule has 1 aromatic carbocycles. The largest absolute Gasteiger partial charge is 0.323 e. The molecule has 0 radical (unpaired) electrons. The van der Waals surface area contributed by atoms with Crippen LogP contribution >= 0.6 is 23.1 Å². The van der Waals surface area contributed by atoms with E-state index in [4.69, 9.17) is 0 Å². The van der Waals surface area contributed by atoms with E-state index < -0.39 is 0 Å². The molecule has 25 heavy (non-hydrogen) atoms. The predicted molar refractivity (Wildman–Crippen MR) is 100 cm³/mol. The molecule has 6 nitrogen and oxygen atoms in total. The van der Waals surface area contributed by atoms with E-state index in [2.05, 4.69) is 15.3 Å². The molecule has 0 bridgehead atoms. The monoisotopic (exact) mass is 370 g/mol. The first-order chi connectivity index (χ1) is 12.1. The van der Waals surface area contributed by atoms with E-state index in [0.29, 0.717) is 5.69 Å². The number of anilines is 2. The third-order valence-electron chi connectivity index (χ3n) is 3.90. The minimum atomic E-state index is -0.378. The Morgan fingerprint density at radius 2 is 2.16 bits per heavy atom. The first-order valence-corrected chi connectivity index (χ1v) is 9.44. The molecule has 0 spiro atoms. The van der Waals surface area contributed by atoms with Crippen molar-refractivity contribution in [1.29, 1.82) is 0 Å². The van der Waals surface area contributed by atoms with Crippen molar-refractivity contribution in [3.05, 3.63) is 42.0 Å². The van der Waals surface area contributed by atoms with E-state index in [9.17, 15) is 9.59 Å². The van der Waals surface area contributed by atoms with Crippen molar-refractivity contribution < 1.29 is 9.59 Å². The van der Waals surface area contributed by atoms with Crippen LogP contribution in [0.15, 0.2) is 47.1 Å². The number of thioether (sulfide) groups is 1. The Morgan fingerprint density at radius 3 is 3.04 bits per heavy atom. The van der Waals surface area contributed by atoms with Gasteiger partial charge < -0.3 is 5.32 Å². The standard InChI is InChI=1S/C17H14N4O2S2/c1-10(25-16-11-6-7-24-15(11)18-9-19-16)17(23)21-8-14(22)20-12-4-2-3-5-13(12)21/h2-7,9-10H,8H2,1H3,(H,20,22)/t10-/m1/s1. The lowest BCUT2D eigenvalue weighted by molar-refractivity contribution is -0.121. The zero-order valence-corrected chi connectivity index (χ0v) is 14.9. The summed E-state index contributed by atoms with van der Waals surface area (Å²) in [6, 6.07) is 9.28. The zero-order chi connectivity index (χ0) is 17.4. The molecular weight excluding hydrogens is 356 g/mol. The summed E-state index contributed by atoms with van der Waals surface area (Å²) in [7, 11) is 0. The van der Waals surface area contributed by atoms with E-state index in [-0.39, 0.29) is 23.6 Å². The number of fused-ring (bicyclic) bond motifs is 2. The van der Waals surface area contributed by atoms with Crippen LogP contribution in [0.25, 0.3) is 10.2 Å². The molecule has 0 saturated heterocycles. The number of para-hydroxylation sites is 2. The minimum Gasteiger partial charge on any atom is -0.323 e. The third kappa shape index (κ3) is 2.98. The van der Waals surface area contributed by atoms with Gasteiger partial charge in [0.05, 0.1) is 16.6 Å². The van der Waals surface area contributed by atoms with Gasteiger partial charge in [-0.3, -0.25) is 14.5 Å². The van der Waals surface area contributed by atoms with Crippen molar-refractivity contribution in [3.8, 4) is 0 Å². The Balaban J connectivity index is 1.61. The van der Waals surface area contributed by atoms with Crippen LogP contribution in [-0.4, -0.2) is 33.6 Å². The number of rotatable bonds is 3. The molecule has 2 aromatic heterocycles. The van der Waals surface area contributed by atoms with Gasteiger partial charge in [-0.05, 0) is 30.5 Å². The van der Waals surface area contributed by atoms with E-state index in [0.717, 1.165) is 20.9 Å². The summed E-state index contributed by atoms with van der Waals surface area (Å²) >= 11 is 2.93. The second-order valence-electron chi connectivity index (χ2n) is 5.57. The maximum absolute atomic E-state index is 13.0. The third-order valence-corrected chi connectivity index (χ3v) is 5.82. The fraction of sp³-hybridized carbons (Fsp3) is 0.176. The summed E-state index contributed by atoms with van der Waals surface area (Å²) in [5.41, 5.74) is 1.38. The normalized spacial score (nSPS) is 14.9. The molecule has 1 N–H and O–H groups in total. The topological polar surface area (TPSA) is 75.2 Å². The second-order valence-corrected chi connectivity index (χ2v) is 7.79. The first-order valence-electron chi connectivity index (χ1n) is 7.68. The van der Waals surface area contributed by atoms with Gasteiger partial charge in [0.25, 0.3) is 0 Å². The van der Waals surface area contributed by atoms with E-state index in [1.807, 2.05) is 36.6 Å². The molecule has 0 aliphatic carbocycles. The quantitative estimate of drug-likeness (QED) is 0.566. The van der Waals surface area contributed by atoms with Gasteiger partial charge in [-0.25, -0.2) is 9.97 Å². The summed E-state index contributed by atoms with van der Waals surface area (Å²) in [5.74, 6) is -0.305. The Bertz CT molecular complexity index is 972. The number of aromatic nitrogens is 2. The Morgan fingerprint density at radius 1 is 1.32 bits per heavy atom. The summed E-state index contributed by atoms with van der Waals surface area (Å²) in [6.07, 6.45) is 1.52. The smallest absolute Gasteiger partial charge is 0.244 e. The number of carbonyl (C=O) groups is 2. The lowest BCUT2D eigenvalue weighted by Gasteiger charge is -2.30. The molecule has 0 saturated carbocycles. The highest BCUT2D eigenvalue weighted by atomic mass is 32.2. The summed E-state index contributed by atoms with van der Waals surface area (Å²) < 4.78 is 0. The fourth-order valence-electron chi connectivity index (χ4n) is 2.73.